The molecular weight excluding hydrogens is 376 g/mol. The van der Waals surface area contributed by atoms with Gasteiger partial charge in [-0.2, -0.15) is 0 Å². The molecule has 0 N–H and O–H groups in total. The van der Waals surface area contributed by atoms with Crippen molar-refractivity contribution in [1.29, 1.82) is 0 Å². The van der Waals surface area contributed by atoms with Gasteiger partial charge in [-0.05, 0) is 55.5 Å². The summed E-state index contributed by atoms with van der Waals surface area (Å²) >= 11 is 1.86. The standard InChI is InChI=1S/C26H36O2S/c1-5-7-15-26(19-27,16-8-6-2)20-29-25-14-9-21(3)17-23(25)18-22-10-12-24(28-4)13-11-22/h9-14,17,19H,5-8,15-16,18,20H2,1-4H3. The molecule has 0 aromatic heterocycles. The number of ether oxygens (including phenoxy) is 1. The van der Waals surface area contributed by atoms with Crippen LogP contribution >= 0.6 is 11.8 Å². The molecule has 0 aliphatic carbocycles. The molecule has 2 aromatic rings. The fourth-order valence-corrected chi connectivity index (χ4v) is 4.93. The molecule has 2 nitrogen and oxygen atoms in total. The number of hydrogen-bond donors (Lipinski definition) is 0. The van der Waals surface area contributed by atoms with Crippen LogP contribution in [0.3, 0.4) is 0 Å². The van der Waals surface area contributed by atoms with Crippen molar-refractivity contribution in [2.24, 2.45) is 5.41 Å². The molecule has 0 aliphatic rings. The average Bonchev–Trinajstić information content (AvgIpc) is 2.75. The minimum absolute atomic E-state index is 0.195. The van der Waals surface area contributed by atoms with Crippen LogP contribution in [0.4, 0.5) is 0 Å². The minimum Gasteiger partial charge on any atom is -0.497 e. The third kappa shape index (κ3) is 7.22. The summed E-state index contributed by atoms with van der Waals surface area (Å²) in [6.45, 7) is 6.55. The molecule has 0 aliphatic heterocycles. The molecule has 0 spiro atoms. The lowest BCUT2D eigenvalue weighted by atomic mass is 9.81. The summed E-state index contributed by atoms with van der Waals surface area (Å²) in [6, 6.07) is 15.0. The van der Waals surface area contributed by atoms with Gasteiger partial charge in [0.1, 0.15) is 12.0 Å². The molecule has 29 heavy (non-hydrogen) atoms. The van der Waals surface area contributed by atoms with E-state index in [1.54, 1.807) is 7.11 Å². The van der Waals surface area contributed by atoms with Crippen molar-refractivity contribution >= 4 is 18.0 Å². The second kappa shape index (κ2) is 12.1. The van der Waals surface area contributed by atoms with Crippen molar-refractivity contribution in [1.82, 2.24) is 0 Å². The van der Waals surface area contributed by atoms with Crippen molar-refractivity contribution in [3.63, 3.8) is 0 Å². The number of methoxy groups -OCH3 is 1. The molecular formula is C26H36O2S. The summed E-state index contributed by atoms with van der Waals surface area (Å²) in [4.78, 5) is 13.4. The molecule has 0 bridgehead atoms. The topological polar surface area (TPSA) is 26.3 Å². The summed E-state index contributed by atoms with van der Waals surface area (Å²) in [6.07, 6.45) is 8.67. The molecule has 2 aromatic carbocycles. The summed E-state index contributed by atoms with van der Waals surface area (Å²) in [5.41, 5.74) is 3.69. The van der Waals surface area contributed by atoms with E-state index < -0.39 is 0 Å². The van der Waals surface area contributed by atoms with Gasteiger partial charge in [-0.3, -0.25) is 0 Å². The molecule has 0 heterocycles. The van der Waals surface area contributed by atoms with E-state index in [2.05, 4.69) is 51.1 Å². The zero-order valence-electron chi connectivity index (χ0n) is 18.5. The molecule has 3 heteroatoms. The van der Waals surface area contributed by atoms with Gasteiger partial charge in [-0.1, -0.05) is 69.4 Å². The zero-order chi connectivity index (χ0) is 21.1. The number of unbranched alkanes of at least 4 members (excludes halogenated alkanes) is 2. The number of aldehydes is 1. The lowest BCUT2D eigenvalue weighted by Gasteiger charge is -2.28. The van der Waals surface area contributed by atoms with Crippen molar-refractivity contribution in [2.45, 2.75) is 70.6 Å². The second-order valence-electron chi connectivity index (χ2n) is 8.11. The number of thioether (sulfide) groups is 1. The fourth-order valence-electron chi connectivity index (χ4n) is 3.65. The smallest absolute Gasteiger partial charge is 0.126 e. The third-order valence-corrected chi connectivity index (χ3v) is 7.02. The van der Waals surface area contributed by atoms with Crippen LogP contribution in [0.15, 0.2) is 47.4 Å². The molecule has 0 atom stereocenters. The van der Waals surface area contributed by atoms with Gasteiger partial charge in [-0.15, -0.1) is 11.8 Å². The van der Waals surface area contributed by atoms with E-state index in [1.807, 2.05) is 23.9 Å². The maximum Gasteiger partial charge on any atom is 0.126 e. The number of benzene rings is 2. The first-order chi connectivity index (χ1) is 14.1. The van der Waals surface area contributed by atoms with Crippen molar-refractivity contribution in [2.75, 3.05) is 12.9 Å². The van der Waals surface area contributed by atoms with Gasteiger partial charge < -0.3 is 9.53 Å². The SMILES string of the molecule is CCCCC(C=O)(CCCC)CSc1ccc(C)cc1Cc1ccc(OC)cc1. The molecule has 0 saturated heterocycles. The molecule has 2 rings (SSSR count). The largest absolute Gasteiger partial charge is 0.497 e. The maximum atomic E-state index is 12.1. The Bertz CT molecular complexity index is 744. The van der Waals surface area contributed by atoms with Crippen LogP contribution in [-0.4, -0.2) is 19.1 Å². The molecule has 0 unspecified atom stereocenters. The van der Waals surface area contributed by atoms with E-state index in [9.17, 15) is 4.79 Å². The highest BCUT2D eigenvalue weighted by Crippen LogP contribution is 2.37. The van der Waals surface area contributed by atoms with E-state index >= 15 is 0 Å². The van der Waals surface area contributed by atoms with Gasteiger partial charge in [0.05, 0.1) is 7.11 Å². The highest BCUT2D eigenvalue weighted by Gasteiger charge is 2.29. The normalized spacial score (nSPS) is 11.4. The minimum atomic E-state index is -0.195. The number of hydrogen-bond acceptors (Lipinski definition) is 3. The number of aryl methyl sites for hydroxylation is 1. The Balaban J connectivity index is 2.18. The van der Waals surface area contributed by atoms with Crippen molar-refractivity contribution in [3.05, 3.63) is 59.2 Å². The van der Waals surface area contributed by atoms with E-state index in [-0.39, 0.29) is 5.41 Å². The van der Waals surface area contributed by atoms with E-state index in [0.29, 0.717) is 0 Å². The Morgan fingerprint density at radius 3 is 2.21 bits per heavy atom. The predicted octanol–water partition coefficient (Wildman–Crippen LogP) is 7.25. The summed E-state index contributed by atoms with van der Waals surface area (Å²) in [5, 5.41) is 0. The van der Waals surface area contributed by atoms with E-state index in [4.69, 9.17) is 4.74 Å². The Morgan fingerprint density at radius 2 is 1.66 bits per heavy atom. The van der Waals surface area contributed by atoms with Crippen LogP contribution < -0.4 is 4.74 Å². The number of carbonyl (C=O) groups excluding carboxylic acids is 1. The maximum absolute atomic E-state index is 12.1. The summed E-state index contributed by atoms with van der Waals surface area (Å²) in [7, 11) is 1.70. The van der Waals surface area contributed by atoms with Crippen LogP contribution in [-0.2, 0) is 11.2 Å². The summed E-state index contributed by atoms with van der Waals surface area (Å²) in [5.74, 6) is 1.75. The third-order valence-electron chi connectivity index (χ3n) is 5.59. The van der Waals surface area contributed by atoms with Crippen LogP contribution in [0.25, 0.3) is 0 Å². The van der Waals surface area contributed by atoms with Crippen LogP contribution in [0.1, 0.15) is 69.1 Å². The number of carbonyl (C=O) groups is 1. The lowest BCUT2D eigenvalue weighted by molar-refractivity contribution is -0.116. The quantitative estimate of drug-likeness (QED) is 0.256. The lowest BCUT2D eigenvalue weighted by Crippen LogP contribution is -2.26. The summed E-state index contributed by atoms with van der Waals surface area (Å²) < 4.78 is 5.28. The average molecular weight is 413 g/mol. The van der Waals surface area contributed by atoms with Gasteiger partial charge in [0.25, 0.3) is 0 Å². The molecule has 0 amide bonds. The highest BCUT2D eigenvalue weighted by molar-refractivity contribution is 7.99. The first kappa shape index (κ1) is 23.5. The monoisotopic (exact) mass is 412 g/mol. The zero-order valence-corrected chi connectivity index (χ0v) is 19.3. The first-order valence-corrected chi connectivity index (χ1v) is 11.9. The van der Waals surface area contributed by atoms with Gasteiger partial charge in [0.2, 0.25) is 0 Å². The van der Waals surface area contributed by atoms with Gasteiger partial charge in [0, 0.05) is 16.1 Å². The first-order valence-electron chi connectivity index (χ1n) is 10.9. The Kier molecular flexibility index (Phi) is 9.80. The predicted molar refractivity (Wildman–Crippen MR) is 125 cm³/mol. The molecule has 0 radical (unpaired) electrons. The van der Waals surface area contributed by atoms with E-state index in [0.717, 1.165) is 56.4 Å². The van der Waals surface area contributed by atoms with Gasteiger partial charge in [-0.25, -0.2) is 0 Å². The fraction of sp³-hybridized carbons (Fsp3) is 0.500. The Hall–Kier alpha value is -1.74. The number of rotatable bonds is 13. The van der Waals surface area contributed by atoms with Crippen molar-refractivity contribution < 1.29 is 9.53 Å². The van der Waals surface area contributed by atoms with Crippen molar-refractivity contribution in [3.8, 4) is 5.75 Å². The molecule has 0 fully saturated rings. The van der Waals surface area contributed by atoms with Crippen LogP contribution in [0, 0.1) is 12.3 Å². The molecule has 0 saturated carbocycles. The van der Waals surface area contributed by atoms with Crippen LogP contribution in [0.5, 0.6) is 5.75 Å². The van der Waals surface area contributed by atoms with Crippen LogP contribution in [0.2, 0.25) is 0 Å². The van der Waals surface area contributed by atoms with Gasteiger partial charge in [0.15, 0.2) is 0 Å². The second-order valence-corrected chi connectivity index (χ2v) is 9.13. The Labute approximate surface area is 181 Å². The van der Waals surface area contributed by atoms with Gasteiger partial charge >= 0.3 is 0 Å². The highest BCUT2D eigenvalue weighted by atomic mass is 32.2. The van der Waals surface area contributed by atoms with E-state index in [1.165, 1.54) is 27.9 Å². The molecule has 158 valence electrons. The Morgan fingerprint density at radius 1 is 1.00 bits per heavy atom.